The van der Waals surface area contributed by atoms with Crippen molar-refractivity contribution in [1.29, 1.82) is 0 Å². The second-order valence-corrected chi connectivity index (χ2v) is 7.26. The van der Waals surface area contributed by atoms with Crippen LogP contribution in [0.2, 0.25) is 0 Å². The summed E-state index contributed by atoms with van der Waals surface area (Å²) in [6.07, 6.45) is 2.10. The standard InChI is InChI=1S/C22H23N3O5/c1-29-20(26)14-9-10-16(21(27)30-2)17(12-14)23-22(28)25-13-15-6-5-11-24(15)18-7-3-4-8-19(18)25/h3-4,7-10,12,15H,5-6,11,13H2,1-2H3,(H,23,28)/t15-/m1/s1. The SMILES string of the molecule is COC(=O)c1ccc(C(=O)OC)c(NC(=O)N2C[C@H]3CCCN3c3ccccc32)c1. The predicted octanol–water partition coefficient (Wildman–Crippen LogP) is 3.28. The van der Waals surface area contributed by atoms with Crippen LogP contribution in [0, 0.1) is 0 Å². The van der Waals surface area contributed by atoms with E-state index in [0.717, 1.165) is 30.8 Å². The number of benzene rings is 2. The highest BCUT2D eigenvalue weighted by molar-refractivity contribution is 6.09. The molecule has 2 heterocycles. The minimum Gasteiger partial charge on any atom is -0.465 e. The van der Waals surface area contributed by atoms with E-state index in [4.69, 9.17) is 9.47 Å². The van der Waals surface area contributed by atoms with E-state index in [-0.39, 0.29) is 28.9 Å². The van der Waals surface area contributed by atoms with Gasteiger partial charge < -0.3 is 19.7 Å². The summed E-state index contributed by atoms with van der Waals surface area (Å²) >= 11 is 0. The maximum Gasteiger partial charge on any atom is 0.339 e. The van der Waals surface area contributed by atoms with Crippen LogP contribution in [-0.2, 0) is 9.47 Å². The summed E-state index contributed by atoms with van der Waals surface area (Å²) in [6.45, 7) is 1.53. The molecule has 0 radical (unpaired) electrons. The van der Waals surface area contributed by atoms with Crippen LogP contribution in [0.3, 0.4) is 0 Å². The maximum atomic E-state index is 13.3. The molecule has 0 saturated carbocycles. The van der Waals surface area contributed by atoms with Crippen LogP contribution in [-0.4, -0.2) is 51.3 Å². The van der Waals surface area contributed by atoms with Crippen LogP contribution < -0.4 is 15.1 Å². The lowest BCUT2D eigenvalue weighted by molar-refractivity contribution is 0.0587. The summed E-state index contributed by atoms with van der Waals surface area (Å²) in [5.74, 6) is -1.17. The van der Waals surface area contributed by atoms with E-state index in [0.29, 0.717) is 6.54 Å². The first-order valence-electron chi connectivity index (χ1n) is 9.78. The molecule has 156 valence electrons. The third-order valence-corrected chi connectivity index (χ3v) is 5.59. The molecule has 8 nitrogen and oxygen atoms in total. The molecule has 0 aliphatic carbocycles. The first-order valence-corrected chi connectivity index (χ1v) is 9.78. The van der Waals surface area contributed by atoms with Crippen LogP contribution in [0.25, 0.3) is 0 Å². The Morgan fingerprint density at radius 3 is 2.47 bits per heavy atom. The molecule has 0 bridgehead atoms. The summed E-state index contributed by atoms with van der Waals surface area (Å²) in [7, 11) is 2.53. The monoisotopic (exact) mass is 409 g/mol. The number of nitrogens with one attached hydrogen (secondary N) is 1. The maximum absolute atomic E-state index is 13.3. The second kappa shape index (κ2) is 8.06. The molecule has 0 unspecified atom stereocenters. The third kappa shape index (κ3) is 3.45. The Hall–Kier alpha value is -3.55. The van der Waals surface area contributed by atoms with Gasteiger partial charge in [-0.1, -0.05) is 12.1 Å². The summed E-state index contributed by atoms with van der Waals surface area (Å²) in [5, 5.41) is 2.80. The van der Waals surface area contributed by atoms with E-state index in [1.54, 1.807) is 4.90 Å². The molecule has 30 heavy (non-hydrogen) atoms. The van der Waals surface area contributed by atoms with Gasteiger partial charge in [-0.05, 0) is 43.2 Å². The molecule has 1 fully saturated rings. The third-order valence-electron chi connectivity index (χ3n) is 5.59. The van der Waals surface area contributed by atoms with Crippen molar-refractivity contribution in [3.05, 3.63) is 53.6 Å². The number of hydrogen-bond donors (Lipinski definition) is 1. The number of ether oxygens (including phenoxy) is 2. The topological polar surface area (TPSA) is 88.2 Å². The number of carbonyl (C=O) groups excluding carboxylic acids is 3. The van der Waals surface area contributed by atoms with E-state index in [1.807, 2.05) is 24.3 Å². The summed E-state index contributed by atoms with van der Waals surface area (Å²) in [6, 6.07) is 12.0. The van der Waals surface area contributed by atoms with Gasteiger partial charge in [0, 0.05) is 19.1 Å². The minimum absolute atomic E-state index is 0.159. The summed E-state index contributed by atoms with van der Waals surface area (Å²) < 4.78 is 9.57. The number of para-hydroxylation sites is 2. The zero-order valence-electron chi connectivity index (χ0n) is 16.9. The smallest absolute Gasteiger partial charge is 0.339 e. The molecule has 0 spiro atoms. The van der Waals surface area contributed by atoms with Crippen molar-refractivity contribution in [3.63, 3.8) is 0 Å². The van der Waals surface area contributed by atoms with Crippen LogP contribution in [0.5, 0.6) is 0 Å². The average molecular weight is 409 g/mol. The first kappa shape index (κ1) is 19.8. The zero-order valence-corrected chi connectivity index (χ0v) is 16.9. The van der Waals surface area contributed by atoms with Crippen LogP contribution >= 0.6 is 0 Å². The number of methoxy groups -OCH3 is 2. The largest absolute Gasteiger partial charge is 0.465 e. The van der Waals surface area contributed by atoms with Gasteiger partial charge in [0.25, 0.3) is 0 Å². The fraction of sp³-hybridized carbons (Fsp3) is 0.318. The van der Waals surface area contributed by atoms with Gasteiger partial charge >= 0.3 is 18.0 Å². The van der Waals surface area contributed by atoms with Crippen molar-refractivity contribution < 1.29 is 23.9 Å². The second-order valence-electron chi connectivity index (χ2n) is 7.26. The molecule has 1 atom stereocenters. The Kier molecular flexibility index (Phi) is 5.31. The van der Waals surface area contributed by atoms with Gasteiger partial charge in [-0.15, -0.1) is 0 Å². The Bertz CT molecular complexity index is 1010. The van der Waals surface area contributed by atoms with Gasteiger partial charge in [0.05, 0.1) is 42.4 Å². The average Bonchev–Trinajstić information content (AvgIpc) is 3.26. The van der Waals surface area contributed by atoms with Crippen molar-refractivity contribution in [2.45, 2.75) is 18.9 Å². The Morgan fingerprint density at radius 2 is 1.73 bits per heavy atom. The molecule has 2 aliphatic rings. The minimum atomic E-state index is -0.609. The lowest BCUT2D eigenvalue weighted by atomic mass is 10.1. The Balaban J connectivity index is 1.67. The molecule has 4 rings (SSSR count). The van der Waals surface area contributed by atoms with E-state index in [2.05, 4.69) is 10.2 Å². The molecular weight excluding hydrogens is 386 g/mol. The Labute approximate surface area is 174 Å². The molecule has 1 saturated heterocycles. The fourth-order valence-electron chi connectivity index (χ4n) is 4.14. The highest BCUT2D eigenvalue weighted by atomic mass is 16.5. The lowest BCUT2D eigenvalue weighted by Gasteiger charge is -2.40. The highest BCUT2D eigenvalue weighted by Crippen LogP contribution is 2.39. The van der Waals surface area contributed by atoms with Crippen molar-refractivity contribution in [1.82, 2.24) is 0 Å². The quantitative estimate of drug-likeness (QED) is 0.783. The molecular formula is C22H23N3O5. The van der Waals surface area contributed by atoms with Gasteiger partial charge in [-0.2, -0.15) is 0 Å². The zero-order chi connectivity index (χ0) is 21.3. The Morgan fingerprint density at radius 1 is 1.00 bits per heavy atom. The van der Waals surface area contributed by atoms with Crippen molar-refractivity contribution in [2.75, 3.05) is 42.4 Å². The fourth-order valence-corrected chi connectivity index (χ4v) is 4.14. The number of nitrogens with zero attached hydrogens (tertiary/aromatic N) is 2. The number of amides is 2. The number of esters is 2. The van der Waals surface area contributed by atoms with Crippen LogP contribution in [0.15, 0.2) is 42.5 Å². The lowest BCUT2D eigenvalue weighted by Crippen LogP contribution is -2.49. The first-order chi connectivity index (χ1) is 14.5. The van der Waals surface area contributed by atoms with Gasteiger partial charge in [0.1, 0.15) is 0 Å². The molecule has 2 aromatic carbocycles. The molecule has 2 aromatic rings. The van der Waals surface area contributed by atoms with E-state index in [1.165, 1.54) is 32.4 Å². The summed E-state index contributed by atoms with van der Waals surface area (Å²) in [4.78, 5) is 41.4. The van der Waals surface area contributed by atoms with E-state index in [9.17, 15) is 14.4 Å². The predicted molar refractivity (Wildman–Crippen MR) is 112 cm³/mol. The van der Waals surface area contributed by atoms with Gasteiger partial charge in [0.2, 0.25) is 0 Å². The number of fused-ring (bicyclic) bond motifs is 3. The van der Waals surface area contributed by atoms with Crippen molar-refractivity contribution in [2.24, 2.45) is 0 Å². The number of anilines is 3. The highest BCUT2D eigenvalue weighted by Gasteiger charge is 2.36. The number of rotatable bonds is 3. The van der Waals surface area contributed by atoms with E-state index >= 15 is 0 Å². The van der Waals surface area contributed by atoms with Crippen molar-refractivity contribution >= 4 is 35.0 Å². The number of hydrogen-bond acceptors (Lipinski definition) is 6. The molecule has 0 aromatic heterocycles. The van der Waals surface area contributed by atoms with Crippen molar-refractivity contribution in [3.8, 4) is 0 Å². The van der Waals surface area contributed by atoms with Gasteiger partial charge in [0.15, 0.2) is 0 Å². The molecule has 2 aliphatic heterocycles. The van der Waals surface area contributed by atoms with Gasteiger partial charge in [-0.25, -0.2) is 14.4 Å². The molecule has 8 heteroatoms. The van der Waals surface area contributed by atoms with E-state index < -0.39 is 11.9 Å². The molecule has 1 N–H and O–H groups in total. The summed E-state index contributed by atoms with van der Waals surface area (Å²) in [5.41, 5.74) is 2.42. The number of carbonyl (C=O) groups is 3. The van der Waals surface area contributed by atoms with Crippen LogP contribution in [0.4, 0.5) is 21.9 Å². The normalized spacial score (nSPS) is 17.1. The molecule has 2 amide bonds. The van der Waals surface area contributed by atoms with Crippen LogP contribution in [0.1, 0.15) is 33.6 Å². The van der Waals surface area contributed by atoms with Gasteiger partial charge in [-0.3, -0.25) is 4.90 Å². The number of urea groups is 1.